The molecule has 0 bridgehead atoms. The quantitative estimate of drug-likeness (QED) is 0.592. The zero-order chi connectivity index (χ0) is 8.39. The van der Waals surface area contributed by atoms with E-state index >= 15 is 0 Å². The normalized spacial score (nSPS) is 18.7. The van der Waals surface area contributed by atoms with E-state index in [1.165, 1.54) is 18.4 Å². The highest BCUT2D eigenvalue weighted by Crippen LogP contribution is 2.42. The Morgan fingerprint density at radius 1 is 1.25 bits per heavy atom. The van der Waals surface area contributed by atoms with Crippen LogP contribution in [0.15, 0.2) is 43.0 Å². The largest absolute Gasteiger partial charge is 0.102 e. The fraction of sp³-hybridized carbons (Fsp3) is 0.333. The van der Waals surface area contributed by atoms with Gasteiger partial charge in [-0.15, -0.1) is 6.58 Å². The second-order valence-corrected chi connectivity index (χ2v) is 3.51. The molecule has 12 heavy (non-hydrogen) atoms. The van der Waals surface area contributed by atoms with Crippen LogP contribution in [0.5, 0.6) is 0 Å². The molecule has 62 valence electrons. The van der Waals surface area contributed by atoms with E-state index < -0.39 is 0 Å². The van der Waals surface area contributed by atoms with Gasteiger partial charge in [-0.05, 0) is 24.3 Å². The molecule has 0 spiro atoms. The summed E-state index contributed by atoms with van der Waals surface area (Å²) in [5.74, 6) is 1.48. The summed E-state index contributed by atoms with van der Waals surface area (Å²) in [6.07, 6.45) is 4.85. The Morgan fingerprint density at radius 2 is 1.92 bits per heavy atom. The number of benzene rings is 1. The molecule has 1 saturated carbocycles. The number of allylic oxidation sites excluding steroid dienone is 1. The fourth-order valence-electron chi connectivity index (χ4n) is 1.73. The van der Waals surface area contributed by atoms with Gasteiger partial charge in [0.05, 0.1) is 0 Å². The number of hydrogen-bond donors (Lipinski definition) is 0. The van der Waals surface area contributed by atoms with E-state index in [0.29, 0.717) is 5.92 Å². The van der Waals surface area contributed by atoms with Gasteiger partial charge in [0.15, 0.2) is 0 Å². The molecular weight excluding hydrogens is 144 g/mol. The second kappa shape index (κ2) is 3.14. The lowest BCUT2D eigenvalue weighted by molar-refractivity contribution is 0.729. The minimum Gasteiger partial charge on any atom is -0.102 e. The average Bonchev–Trinajstić information content (AvgIpc) is 2.92. The van der Waals surface area contributed by atoms with Crippen LogP contribution in [0.1, 0.15) is 24.3 Å². The molecule has 0 radical (unpaired) electrons. The Hall–Kier alpha value is -1.04. The molecule has 2 rings (SSSR count). The van der Waals surface area contributed by atoms with E-state index in [1.807, 2.05) is 0 Å². The van der Waals surface area contributed by atoms with E-state index in [9.17, 15) is 0 Å². The first-order valence-electron chi connectivity index (χ1n) is 4.59. The first-order valence-corrected chi connectivity index (χ1v) is 4.59. The maximum atomic E-state index is 3.90. The van der Waals surface area contributed by atoms with Crippen molar-refractivity contribution in [3.63, 3.8) is 0 Å². The van der Waals surface area contributed by atoms with Crippen LogP contribution in [-0.2, 0) is 0 Å². The first kappa shape index (κ1) is 7.60. The third-order valence-corrected chi connectivity index (χ3v) is 2.57. The first-order chi connectivity index (χ1) is 5.92. The SMILES string of the molecule is C=CC(c1ccccc1)C1CC1. The third-order valence-electron chi connectivity index (χ3n) is 2.57. The Balaban J connectivity index is 2.21. The lowest BCUT2D eigenvalue weighted by Crippen LogP contribution is -1.95. The summed E-state index contributed by atoms with van der Waals surface area (Å²) < 4.78 is 0. The van der Waals surface area contributed by atoms with Crippen molar-refractivity contribution in [2.45, 2.75) is 18.8 Å². The molecular formula is C12H14. The summed E-state index contributed by atoms with van der Waals surface area (Å²) in [5.41, 5.74) is 1.43. The van der Waals surface area contributed by atoms with Crippen molar-refractivity contribution in [3.05, 3.63) is 48.6 Å². The molecule has 1 fully saturated rings. The fourth-order valence-corrected chi connectivity index (χ4v) is 1.73. The Morgan fingerprint density at radius 3 is 2.42 bits per heavy atom. The summed E-state index contributed by atoms with van der Waals surface area (Å²) in [4.78, 5) is 0. The van der Waals surface area contributed by atoms with Gasteiger partial charge in [-0.25, -0.2) is 0 Å². The lowest BCUT2D eigenvalue weighted by Gasteiger charge is -2.10. The smallest absolute Gasteiger partial charge is 0.00435 e. The molecule has 0 N–H and O–H groups in total. The molecule has 1 unspecified atom stereocenters. The van der Waals surface area contributed by atoms with Crippen molar-refractivity contribution in [2.75, 3.05) is 0 Å². The Labute approximate surface area is 73.9 Å². The van der Waals surface area contributed by atoms with E-state index in [1.54, 1.807) is 0 Å². The van der Waals surface area contributed by atoms with Crippen molar-refractivity contribution in [1.82, 2.24) is 0 Å². The number of hydrogen-bond acceptors (Lipinski definition) is 0. The molecule has 0 saturated heterocycles. The van der Waals surface area contributed by atoms with Crippen molar-refractivity contribution in [1.29, 1.82) is 0 Å². The molecule has 1 aromatic rings. The molecule has 0 aliphatic heterocycles. The van der Waals surface area contributed by atoms with Gasteiger partial charge in [-0.2, -0.15) is 0 Å². The van der Waals surface area contributed by atoms with E-state index in [-0.39, 0.29) is 0 Å². The van der Waals surface area contributed by atoms with Crippen LogP contribution in [0.25, 0.3) is 0 Å². The van der Waals surface area contributed by atoms with E-state index in [2.05, 4.69) is 43.0 Å². The third kappa shape index (κ3) is 1.42. The molecule has 1 atom stereocenters. The average molecular weight is 158 g/mol. The molecule has 0 heteroatoms. The molecule has 0 heterocycles. The van der Waals surface area contributed by atoms with Crippen LogP contribution in [0, 0.1) is 5.92 Å². The summed E-state index contributed by atoms with van der Waals surface area (Å²) in [6, 6.07) is 10.7. The van der Waals surface area contributed by atoms with Gasteiger partial charge in [0.1, 0.15) is 0 Å². The van der Waals surface area contributed by atoms with Crippen LogP contribution >= 0.6 is 0 Å². The summed E-state index contributed by atoms with van der Waals surface area (Å²) in [5, 5.41) is 0. The monoisotopic (exact) mass is 158 g/mol. The molecule has 1 aromatic carbocycles. The van der Waals surface area contributed by atoms with Crippen molar-refractivity contribution < 1.29 is 0 Å². The Bertz CT molecular complexity index is 257. The lowest BCUT2D eigenvalue weighted by atomic mass is 9.95. The van der Waals surface area contributed by atoms with Gasteiger partial charge in [0.25, 0.3) is 0 Å². The van der Waals surface area contributed by atoms with Crippen LogP contribution in [0.2, 0.25) is 0 Å². The zero-order valence-electron chi connectivity index (χ0n) is 7.24. The van der Waals surface area contributed by atoms with Crippen LogP contribution in [0.4, 0.5) is 0 Å². The summed E-state index contributed by atoms with van der Waals surface area (Å²) in [7, 11) is 0. The van der Waals surface area contributed by atoms with Crippen LogP contribution < -0.4 is 0 Å². The maximum absolute atomic E-state index is 3.90. The minimum absolute atomic E-state index is 0.603. The van der Waals surface area contributed by atoms with Gasteiger partial charge >= 0.3 is 0 Å². The van der Waals surface area contributed by atoms with Crippen molar-refractivity contribution >= 4 is 0 Å². The molecule has 0 amide bonds. The maximum Gasteiger partial charge on any atom is 0.00435 e. The highest BCUT2D eigenvalue weighted by Gasteiger charge is 2.29. The van der Waals surface area contributed by atoms with Crippen LogP contribution in [0.3, 0.4) is 0 Å². The summed E-state index contributed by atoms with van der Waals surface area (Å²) in [6.45, 7) is 3.90. The highest BCUT2D eigenvalue weighted by molar-refractivity contribution is 5.25. The molecule has 0 aromatic heterocycles. The van der Waals surface area contributed by atoms with Crippen molar-refractivity contribution in [3.8, 4) is 0 Å². The van der Waals surface area contributed by atoms with Gasteiger partial charge in [0.2, 0.25) is 0 Å². The molecule has 1 aliphatic carbocycles. The summed E-state index contributed by atoms with van der Waals surface area (Å²) >= 11 is 0. The topological polar surface area (TPSA) is 0 Å². The van der Waals surface area contributed by atoms with Gasteiger partial charge in [0, 0.05) is 5.92 Å². The minimum atomic E-state index is 0.603. The Kier molecular flexibility index (Phi) is 1.99. The van der Waals surface area contributed by atoms with Crippen molar-refractivity contribution in [2.24, 2.45) is 5.92 Å². The molecule has 0 nitrogen and oxygen atoms in total. The predicted octanol–water partition coefficient (Wildman–Crippen LogP) is 3.37. The predicted molar refractivity (Wildman–Crippen MR) is 52.1 cm³/mol. The second-order valence-electron chi connectivity index (χ2n) is 3.51. The van der Waals surface area contributed by atoms with E-state index in [0.717, 1.165) is 5.92 Å². The standard InChI is InChI=1S/C12H14/c1-2-12(11-8-9-11)10-6-4-3-5-7-10/h2-7,11-12H,1,8-9H2. The zero-order valence-corrected chi connectivity index (χ0v) is 7.24. The van der Waals surface area contributed by atoms with Gasteiger partial charge in [-0.1, -0.05) is 36.4 Å². The van der Waals surface area contributed by atoms with E-state index in [4.69, 9.17) is 0 Å². The van der Waals surface area contributed by atoms with Gasteiger partial charge < -0.3 is 0 Å². The number of rotatable bonds is 3. The van der Waals surface area contributed by atoms with Gasteiger partial charge in [-0.3, -0.25) is 0 Å². The van der Waals surface area contributed by atoms with Crippen LogP contribution in [-0.4, -0.2) is 0 Å². The highest BCUT2D eigenvalue weighted by atomic mass is 14.3. The molecule has 1 aliphatic rings.